The lowest BCUT2D eigenvalue weighted by Gasteiger charge is -2.41. The van der Waals surface area contributed by atoms with Gasteiger partial charge in [0.2, 0.25) is 5.91 Å². The average Bonchev–Trinajstić information content (AvgIpc) is 2.47. The molecule has 2 fully saturated rings. The largest absolute Gasteiger partial charge is 0.353 e. The Morgan fingerprint density at radius 2 is 2.06 bits per heavy atom. The Bertz CT molecular complexity index is 257. The molecule has 0 aromatic carbocycles. The number of amides is 1. The van der Waals surface area contributed by atoms with Crippen LogP contribution in [0.1, 0.15) is 39.0 Å². The lowest BCUT2D eigenvalue weighted by molar-refractivity contribution is -0.129. The monoisotopic (exact) mass is 225 g/mol. The van der Waals surface area contributed by atoms with Crippen LogP contribution in [-0.4, -0.2) is 42.0 Å². The number of hydrogen-bond acceptors (Lipinski definition) is 3. The smallest absolute Gasteiger partial charge is 0.237 e. The lowest BCUT2D eigenvalue weighted by atomic mass is 9.99. The number of hydrogen-bond donors (Lipinski definition) is 2. The van der Waals surface area contributed by atoms with Crippen molar-refractivity contribution in [2.75, 3.05) is 13.1 Å². The van der Waals surface area contributed by atoms with Gasteiger partial charge in [0.15, 0.2) is 0 Å². The van der Waals surface area contributed by atoms with Gasteiger partial charge in [0.25, 0.3) is 0 Å². The summed E-state index contributed by atoms with van der Waals surface area (Å²) in [5, 5.41) is 2.91. The summed E-state index contributed by atoms with van der Waals surface area (Å²) >= 11 is 0. The van der Waals surface area contributed by atoms with Crippen molar-refractivity contribution < 1.29 is 4.79 Å². The highest BCUT2D eigenvalue weighted by molar-refractivity contribution is 5.82. The van der Waals surface area contributed by atoms with Gasteiger partial charge in [-0.3, -0.25) is 9.69 Å². The van der Waals surface area contributed by atoms with E-state index >= 15 is 0 Å². The Morgan fingerprint density at radius 1 is 1.31 bits per heavy atom. The van der Waals surface area contributed by atoms with Gasteiger partial charge in [-0.05, 0) is 19.8 Å². The van der Waals surface area contributed by atoms with Crippen LogP contribution in [0.3, 0.4) is 0 Å². The van der Waals surface area contributed by atoms with Gasteiger partial charge in [-0.25, -0.2) is 0 Å². The van der Waals surface area contributed by atoms with E-state index in [0.717, 1.165) is 25.9 Å². The molecule has 0 bridgehead atoms. The number of carbonyl (C=O) groups excluding carboxylic acids is 1. The van der Waals surface area contributed by atoms with Crippen molar-refractivity contribution in [3.63, 3.8) is 0 Å². The van der Waals surface area contributed by atoms with E-state index in [4.69, 9.17) is 5.73 Å². The zero-order valence-electron chi connectivity index (χ0n) is 10.1. The molecule has 0 spiro atoms. The Kier molecular flexibility index (Phi) is 3.82. The first-order valence-electron chi connectivity index (χ1n) is 6.49. The molecule has 3 atom stereocenters. The number of nitrogens with zero attached hydrogens (tertiary/aromatic N) is 1. The fourth-order valence-corrected chi connectivity index (χ4v) is 2.98. The van der Waals surface area contributed by atoms with Gasteiger partial charge in [-0.2, -0.15) is 0 Å². The Balaban J connectivity index is 2.05. The average molecular weight is 225 g/mol. The van der Waals surface area contributed by atoms with Crippen molar-refractivity contribution in [2.24, 2.45) is 5.73 Å². The molecule has 4 heteroatoms. The highest BCUT2D eigenvalue weighted by Crippen LogP contribution is 2.23. The van der Waals surface area contributed by atoms with Crippen LogP contribution in [0.25, 0.3) is 0 Å². The van der Waals surface area contributed by atoms with Crippen LogP contribution in [0.2, 0.25) is 0 Å². The number of carbonyl (C=O) groups is 1. The van der Waals surface area contributed by atoms with E-state index in [1.165, 1.54) is 19.3 Å². The van der Waals surface area contributed by atoms with E-state index in [-0.39, 0.29) is 18.0 Å². The standard InChI is InChI=1S/C12H23N3O/c1-9-12(16)14-7-8-15(9)11-6-4-2-3-5-10(11)13/h9-11H,2-8,13H2,1H3,(H,14,16). The Labute approximate surface area is 97.6 Å². The molecule has 0 aromatic rings. The molecule has 2 rings (SSSR count). The van der Waals surface area contributed by atoms with Crippen LogP contribution >= 0.6 is 0 Å². The molecule has 1 saturated carbocycles. The second kappa shape index (κ2) is 5.15. The second-order valence-electron chi connectivity index (χ2n) is 5.07. The quantitative estimate of drug-likeness (QED) is 0.638. The molecular weight excluding hydrogens is 202 g/mol. The predicted octanol–water partition coefficient (Wildman–Crippen LogP) is 0.467. The molecule has 1 saturated heterocycles. The van der Waals surface area contributed by atoms with Gasteiger partial charge in [0, 0.05) is 25.2 Å². The second-order valence-corrected chi connectivity index (χ2v) is 5.07. The maximum atomic E-state index is 11.6. The number of nitrogens with two attached hydrogens (primary N) is 1. The first kappa shape index (κ1) is 11.9. The van der Waals surface area contributed by atoms with Crippen molar-refractivity contribution in [3.05, 3.63) is 0 Å². The topological polar surface area (TPSA) is 58.4 Å². The summed E-state index contributed by atoms with van der Waals surface area (Å²) in [6.45, 7) is 3.71. The van der Waals surface area contributed by atoms with Gasteiger partial charge in [0.05, 0.1) is 6.04 Å². The van der Waals surface area contributed by atoms with Crippen molar-refractivity contribution >= 4 is 5.91 Å². The normalized spacial score (nSPS) is 37.9. The third kappa shape index (κ3) is 2.38. The maximum absolute atomic E-state index is 11.6. The number of rotatable bonds is 1. The van der Waals surface area contributed by atoms with Crippen LogP contribution in [0.15, 0.2) is 0 Å². The molecule has 2 aliphatic rings. The van der Waals surface area contributed by atoms with Crippen molar-refractivity contribution in [1.82, 2.24) is 10.2 Å². The SMILES string of the molecule is CC1C(=O)NCCN1C1CCCCCC1N. The first-order chi connectivity index (χ1) is 7.70. The molecule has 4 nitrogen and oxygen atoms in total. The molecular formula is C12H23N3O. The van der Waals surface area contributed by atoms with E-state index < -0.39 is 0 Å². The molecule has 0 aromatic heterocycles. The fourth-order valence-electron chi connectivity index (χ4n) is 2.98. The summed E-state index contributed by atoms with van der Waals surface area (Å²) < 4.78 is 0. The lowest BCUT2D eigenvalue weighted by Crippen LogP contribution is -2.60. The molecule has 1 heterocycles. The summed E-state index contributed by atoms with van der Waals surface area (Å²) in [6.07, 6.45) is 6.04. The summed E-state index contributed by atoms with van der Waals surface area (Å²) in [6, 6.07) is 0.641. The molecule has 3 N–H and O–H groups in total. The van der Waals surface area contributed by atoms with Gasteiger partial charge < -0.3 is 11.1 Å². The van der Waals surface area contributed by atoms with Crippen LogP contribution in [-0.2, 0) is 4.79 Å². The van der Waals surface area contributed by atoms with E-state index in [9.17, 15) is 4.79 Å². The first-order valence-corrected chi connectivity index (χ1v) is 6.49. The van der Waals surface area contributed by atoms with Crippen LogP contribution in [0.5, 0.6) is 0 Å². The molecule has 0 radical (unpaired) electrons. The molecule has 1 aliphatic carbocycles. The molecule has 3 unspecified atom stereocenters. The zero-order chi connectivity index (χ0) is 11.5. The molecule has 1 amide bonds. The summed E-state index contributed by atoms with van der Waals surface area (Å²) in [7, 11) is 0. The summed E-state index contributed by atoms with van der Waals surface area (Å²) in [4.78, 5) is 14.0. The number of nitrogens with one attached hydrogen (secondary N) is 1. The highest BCUT2D eigenvalue weighted by atomic mass is 16.2. The van der Waals surface area contributed by atoms with Gasteiger partial charge in [-0.15, -0.1) is 0 Å². The summed E-state index contributed by atoms with van der Waals surface area (Å²) in [5.74, 6) is 0.155. The minimum absolute atomic E-state index is 0.0112. The molecule has 1 aliphatic heterocycles. The van der Waals surface area contributed by atoms with Crippen molar-refractivity contribution in [2.45, 2.75) is 57.2 Å². The third-order valence-electron chi connectivity index (χ3n) is 4.00. The van der Waals surface area contributed by atoms with Crippen molar-refractivity contribution in [3.8, 4) is 0 Å². The fraction of sp³-hybridized carbons (Fsp3) is 0.917. The number of piperazine rings is 1. The molecule has 16 heavy (non-hydrogen) atoms. The minimum Gasteiger partial charge on any atom is -0.353 e. The predicted molar refractivity (Wildman–Crippen MR) is 64.0 cm³/mol. The Hall–Kier alpha value is -0.610. The zero-order valence-corrected chi connectivity index (χ0v) is 10.1. The Morgan fingerprint density at radius 3 is 2.88 bits per heavy atom. The van der Waals surface area contributed by atoms with Crippen LogP contribution in [0, 0.1) is 0 Å². The van der Waals surface area contributed by atoms with Gasteiger partial charge >= 0.3 is 0 Å². The maximum Gasteiger partial charge on any atom is 0.237 e. The summed E-state index contributed by atoms with van der Waals surface area (Å²) in [5.41, 5.74) is 6.24. The van der Waals surface area contributed by atoms with Gasteiger partial charge in [-0.1, -0.05) is 19.3 Å². The van der Waals surface area contributed by atoms with E-state index in [1.807, 2.05) is 6.92 Å². The van der Waals surface area contributed by atoms with E-state index in [0.29, 0.717) is 6.04 Å². The van der Waals surface area contributed by atoms with Gasteiger partial charge in [0.1, 0.15) is 0 Å². The van der Waals surface area contributed by atoms with E-state index in [2.05, 4.69) is 10.2 Å². The van der Waals surface area contributed by atoms with Crippen LogP contribution < -0.4 is 11.1 Å². The van der Waals surface area contributed by atoms with Crippen molar-refractivity contribution in [1.29, 1.82) is 0 Å². The highest BCUT2D eigenvalue weighted by Gasteiger charge is 2.34. The van der Waals surface area contributed by atoms with E-state index in [1.54, 1.807) is 0 Å². The molecule has 92 valence electrons. The van der Waals surface area contributed by atoms with Crippen LogP contribution in [0.4, 0.5) is 0 Å². The third-order valence-corrected chi connectivity index (χ3v) is 4.00. The minimum atomic E-state index is -0.0112.